The molecule has 1 unspecified atom stereocenters. The van der Waals surface area contributed by atoms with Crippen molar-refractivity contribution >= 4 is 24.5 Å². The molecule has 1 atom stereocenters. The summed E-state index contributed by atoms with van der Waals surface area (Å²) < 4.78 is 1.04. The van der Waals surface area contributed by atoms with Crippen molar-refractivity contribution in [1.29, 1.82) is 0 Å². The molecule has 0 N–H and O–H groups in total. The van der Waals surface area contributed by atoms with Crippen LogP contribution in [0.2, 0.25) is 0 Å². The molecule has 0 aliphatic rings. The average Bonchev–Trinajstić information content (AvgIpc) is 2.09. The highest BCUT2D eigenvalue weighted by atomic mass is 79.9. The first-order chi connectivity index (χ1) is 5.83. The lowest BCUT2D eigenvalue weighted by molar-refractivity contribution is 1.04. The van der Waals surface area contributed by atoms with Gasteiger partial charge in [-0.15, -0.1) is 0 Å². The highest BCUT2D eigenvalue weighted by Crippen LogP contribution is 2.13. The Bertz CT molecular complexity index is 245. The molecule has 0 aliphatic heterocycles. The summed E-state index contributed by atoms with van der Waals surface area (Å²) in [6.45, 7) is 3.69. The van der Waals surface area contributed by atoms with E-state index in [2.05, 4.69) is 33.6 Å². The number of rotatable bonds is 4. The van der Waals surface area contributed by atoms with Crippen molar-refractivity contribution < 1.29 is 0 Å². The van der Waals surface area contributed by atoms with E-state index in [1.807, 2.05) is 18.1 Å². The number of pyridine rings is 1. The summed E-state index contributed by atoms with van der Waals surface area (Å²) >= 11 is 3.35. The van der Waals surface area contributed by atoms with Crippen LogP contribution in [0.15, 0.2) is 35.2 Å². The van der Waals surface area contributed by atoms with Gasteiger partial charge < -0.3 is 0 Å². The Morgan fingerprint density at radius 2 is 2.42 bits per heavy atom. The first-order valence-electron chi connectivity index (χ1n) is 3.77. The van der Waals surface area contributed by atoms with Gasteiger partial charge in [0.05, 0.1) is 0 Å². The molecule has 1 rings (SSSR count). The first-order valence-corrected chi connectivity index (χ1v) is 5.85. The van der Waals surface area contributed by atoms with E-state index >= 15 is 0 Å². The van der Waals surface area contributed by atoms with Crippen LogP contribution in [0.25, 0.3) is 0 Å². The standard InChI is InChI=1S/C9H11BrNP/c1-2-12-6-5-9-4-3-8(10)7-11-9/h2-4,7,12H,1,5-6H2. The maximum Gasteiger partial charge on any atom is 0.0413 e. The topological polar surface area (TPSA) is 12.9 Å². The zero-order chi connectivity index (χ0) is 8.81. The van der Waals surface area contributed by atoms with Crippen molar-refractivity contribution in [3.8, 4) is 0 Å². The normalized spacial score (nSPS) is 10.8. The fraction of sp³-hybridized carbons (Fsp3) is 0.222. The molecular weight excluding hydrogens is 233 g/mol. The van der Waals surface area contributed by atoms with Crippen molar-refractivity contribution in [2.24, 2.45) is 0 Å². The Labute approximate surface area is 83.2 Å². The minimum absolute atomic E-state index is 0.850. The molecule has 0 saturated carbocycles. The van der Waals surface area contributed by atoms with Crippen LogP contribution in [0.1, 0.15) is 5.69 Å². The summed E-state index contributed by atoms with van der Waals surface area (Å²) in [6.07, 6.45) is 4.06. The summed E-state index contributed by atoms with van der Waals surface area (Å²) in [6, 6.07) is 4.08. The maximum atomic E-state index is 4.27. The van der Waals surface area contributed by atoms with Crippen LogP contribution in [-0.2, 0) is 6.42 Å². The van der Waals surface area contributed by atoms with E-state index in [4.69, 9.17) is 0 Å². The van der Waals surface area contributed by atoms with E-state index in [1.165, 1.54) is 0 Å². The van der Waals surface area contributed by atoms with Gasteiger partial charge >= 0.3 is 0 Å². The molecule has 3 heteroatoms. The van der Waals surface area contributed by atoms with Gasteiger partial charge in [0.1, 0.15) is 0 Å². The molecule has 0 aliphatic carbocycles. The van der Waals surface area contributed by atoms with E-state index in [-0.39, 0.29) is 0 Å². The van der Waals surface area contributed by atoms with Crippen molar-refractivity contribution in [2.45, 2.75) is 6.42 Å². The fourth-order valence-corrected chi connectivity index (χ4v) is 1.70. The molecule has 0 bridgehead atoms. The second kappa shape index (κ2) is 5.45. The molecule has 1 aromatic heterocycles. The zero-order valence-electron chi connectivity index (χ0n) is 6.76. The SMILES string of the molecule is C=CPCCc1ccc(Br)cn1. The summed E-state index contributed by atoms with van der Waals surface area (Å²) in [4.78, 5) is 4.27. The minimum atomic E-state index is 0.850. The highest BCUT2D eigenvalue weighted by Gasteiger charge is 1.92. The van der Waals surface area contributed by atoms with Crippen molar-refractivity contribution in [1.82, 2.24) is 4.98 Å². The molecule has 0 amide bonds. The molecule has 12 heavy (non-hydrogen) atoms. The third-order valence-corrected chi connectivity index (χ3v) is 2.75. The molecule has 1 heterocycles. The van der Waals surface area contributed by atoms with Gasteiger partial charge in [-0.3, -0.25) is 4.98 Å². The molecule has 0 radical (unpaired) electrons. The molecular formula is C9H11BrNP. The van der Waals surface area contributed by atoms with Crippen LogP contribution in [0, 0.1) is 0 Å². The Kier molecular flexibility index (Phi) is 4.49. The van der Waals surface area contributed by atoms with Gasteiger partial charge in [0.25, 0.3) is 0 Å². The molecule has 0 aromatic carbocycles. The smallest absolute Gasteiger partial charge is 0.0413 e. The summed E-state index contributed by atoms with van der Waals surface area (Å²) in [5.41, 5.74) is 1.16. The van der Waals surface area contributed by atoms with Gasteiger partial charge in [0, 0.05) is 16.4 Å². The number of hydrogen-bond donors (Lipinski definition) is 0. The number of hydrogen-bond acceptors (Lipinski definition) is 1. The average molecular weight is 244 g/mol. The van der Waals surface area contributed by atoms with Crippen LogP contribution in [0.3, 0.4) is 0 Å². The number of aryl methyl sites for hydroxylation is 1. The third kappa shape index (κ3) is 3.46. The lowest BCUT2D eigenvalue weighted by Crippen LogP contribution is -1.89. The monoisotopic (exact) mass is 243 g/mol. The predicted molar refractivity (Wildman–Crippen MR) is 59.0 cm³/mol. The minimum Gasteiger partial charge on any atom is -0.260 e. The number of nitrogens with zero attached hydrogens (tertiary/aromatic N) is 1. The zero-order valence-corrected chi connectivity index (χ0v) is 9.34. The molecule has 0 saturated heterocycles. The number of aromatic nitrogens is 1. The summed E-state index contributed by atoms with van der Waals surface area (Å²) in [7, 11) is 0.850. The van der Waals surface area contributed by atoms with Crippen LogP contribution in [0.4, 0.5) is 0 Å². The molecule has 0 fully saturated rings. The van der Waals surface area contributed by atoms with E-state index in [9.17, 15) is 0 Å². The maximum absolute atomic E-state index is 4.27. The van der Waals surface area contributed by atoms with Crippen LogP contribution in [0.5, 0.6) is 0 Å². The van der Waals surface area contributed by atoms with E-state index in [0.29, 0.717) is 0 Å². The van der Waals surface area contributed by atoms with Crippen molar-refractivity contribution in [3.05, 3.63) is 40.9 Å². The Morgan fingerprint density at radius 3 is 3.00 bits per heavy atom. The molecule has 0 spiro atoms. The van der Waals surface area contributed by atoms with Crippen LogP contribution >= 0.6 is 24.5 Å². The van der Waals surface area contributed by atoms with Gasteiger partial charge in [-0.05, 0) is 40.6 Å². The van der Waals surface area contributed by atoms with E-state index < -0.39 is 0 Å². The fourth-order valence-electron chi connectivity index (χ4n) is 0.857. The molecule has 1 aromatic rings. The van der Waals surface area contributed by atoms with Crippen LogP contribution < -0.4 is 0 Å². The number of halogens is 1. The van der Waals surface area contributed by atoms with E-state index in [1.54, 1.807) is 0 Å². The first kappa shape index (κ1) is 9.88. The lowest BCUT2D eigenvalue weighted by atomic mass is 10.3. The van der Waals surface area contributed by atoms with Crippen molar-refractivity contribution in [2.75, 3.05) is 6.16 Å². The van der Waals surface area contributed by atoms with Crippen molar-refractivity contribution in [3.63, 3.8) is 0 Å². The van der Waals surface area contributed by atoms with Gasteiger partial charge in [0.2, 0.25) is 0 Å². The van der Waals surface area contributed by atoms with Gasteiger partial charge in [-0.2, -0.15) is 0 Å². The molecule has 64 valence electrons. The Hall–Kier alpha value is -0.200. The second-order valence-electron chi connectivity index (χ2n) is 2.38. The summed E-state index contributed by atoms with van der Waals surface area (Å²) in [5, 5.41) is 0. The highest BCUT2D eigenvalue weighted by molar-refractivity contribution is 9.10. The second-order valence-corrected chi connectivity index (χ2v) is 4.61. The van der Waals surface area contributed by atoms with E-state index in [0.717, 1.165) is 31.3 Å². The van der Waals surface area contributed by atoms with Gasteiger partial charge in [0.15, 0.2) is 0 Å². The Morgan fingerprint density at radius 1 is 1.58 bits per heavy atom. The quantitative estimate of drug-likeness (QED) is 0.585. The summed E-state index contributed by atoms with van der Waals surface area (Å²) in [5.74, 6) is 1.97. The third-order valence-electron chi connectivity index (χ3n) is 1.46. The predicted octanol–water partition coefficient (Wildman–Crippen LogP) is 3.21. The largest absolute Gasteiger partial charge is 0.260 e. The molecule has 1 nitrogen and oxygen atoms in total. The van der Waals surface area contributed by atoms with Crippen LogP contribution in [-0.4, -0.2) is 11.1 Å². The Balaban J connectivity index is 2.42. The van der Waals surface area contributed by atoms with Gasteiger partial charge in [-0.1, -0.05) is 21.0 Å². The van der Waals surface area contributed by atoms with Gasteiger partial charge in [-0.25, -0.2) is 0 Å². The lowest BCUT2D eigenvalue weighted by Gasteiger charge is -1.97.